The number of fused-ring (bicyclic) bond motifs is 9. The number of para-hydroxylation sites is 2. The first kappa shape index (κ1) is 28.6. The Morgan fingerprint density at radius 3 is 1.86 bits per heavy atom. The van der Waals surface area contributed by atoms with Crippen LogP contribution in [0.2, 0.25) is 19.6 Å². The zero-order chi connectivity index (χ0) is 32.9. The van der Waals surface area contributed by atoms with E-state index in [1.165, 1.54) is 91.5 Å². The molecule has 10 aromatic rings. The van der Waals surface area contributed by atoms with Crippen molar-refractivity contribution in [3.05, 3.63) is 152 Å². The molecular weight excluding hydrogens is 629 g/mol. The molecule has 3 aromatic heterocycles. The maximum atomic E-state index is 2.49. The highest BCUT2D eigenvalue weighted by Crippen LogP contribution is 2.41. The normalized spacial score (nSPS) is 12.4. The number of benzene rings is 7. The average Bonchev–Trinajstić information content (AvgIpc) is 3.77. The summed E-state index contributed by atoms with van der Waals surface area (Å²) in [5.41, 5.74) is 9.77. The minimum Gasteiger partial charge on any atom is -0.309 e. The molecule has 0 aliphatic heterocycles. The van der Waals surface area contributed by atoms with Gasteiger partial charge in [0.2, 0.25) is 0 Å². The van der Waals surface area contributed by atoms with Gasteiger partial charge in [0, 0.05) is 53.1 Å². The predicted octanol–water partition coefficient (Wildman–Crippen LogP) is 12.5. The largest absolute Gasteiger partial charge is 0.309 e. The summed E-state index contributed by atoms with van der Waals surface area (Å²) in [5, 5.41) is 9.37. The Bertz CT molecular complexity index is 2920. The maximum absolute atomic E-state index is 2.49. The molecule has 10 rings (SSSR count). The van der Waals surface area contributed by atoms with E-state index < -0.39 is 8.07 Å². The molecule has 0 saturated carbocycles. The van der Waals surface area contributed by atoms with Crippen molar-refractivity contribution in [3.63, 3.8) is 0 Å². The van der Waals surface area contributed by atoms with Crippen LogP contribution in [0.25, 0.3) is 86.3 Å². The van der Waals surface area contributed by atoms with Crippen molar-refractivity contribution >= 4 is 88.4 Å². The van der Waals surface area contributed by atoms with Gasteiger partial charge >= 0.3 is 0 Å². The quantitative estimate of drug-likeness (QED) is 0.166. The molecule has 0 atom stereocenters. The van der Waals surface area contributed by atoms with Crippen LogP contribution in [-0.2, 0) is 0 Å². The van der Waals surface area contributed by atoms with Gasteiger partial charge in [0.05, 0.1) is 30.1 Å². The van der Waals surface area contributed by atoms with Crippen LogP contribution in [0.5, 0.6) is 0 Å². The van der Waals surface area contributed by atoms with Crippen molar-refractivity contribution in [2.75, 3.05) is 0 Å². The standard InChI is InChI=1S/C45H34N2SSi/c1-49(2,3)33-21-23-42-37(26-33)38-28-45-39(35-17-8-10-19-44(35)48-45)27-43(38)47(42)32-15-11-12-29(24-32)30-20-22-41-36(25-30)34-16-7-9-18-40(34)46(41)31-13-5-4-6-14-31/h4-28H,1-3H3. The molecule has 7 aromatic carbocycles. The van der Waals surface area contributed by atoms with E-state index in [2.05, 4.69) is 180 Å². The van der Waals surface area contributed by atoms with Crippen LogP contribution >= 0.6 is 11.3 Å². The van der Waals surface area contributed by atoms with E-state index in [9.17, 15) is 0 Å². The molecule has 0 spiro atoms. The minimum absolute atomic E-state index is 1.18. The summed E-state index contributed by atoms with van der Waals surface area (Å²) in [6, 6.07) is 56.4. The van der Waals surface area contributed by atoms with Crippen LogP contribution in [0.15, 0.2) is 152 Å². The van der Waals surface area contributed by atoms with Gasteiger partial charge < -0.3 is 9.13 Å². The molecule has 4 heteroatoms. The zero-order valence-corrected chi connectivity index (χ0v) is 29.6. The highest BCUT2D eigenvalue weighted by atomic mass is 32.1. The molecule has 234 valence electrons. The van der Waals surface area contributed by atoms with Crippen molar-refractivity contribution in [2.24, 2.45) is 0 Å². The lowest BCUT2D eigenvalue weighted by atomic mass is 10.0. The summed E-state index contributed by atoms with van der Waals surface area (Å²) in [7, 11) is -1.51. The lowest BCUT2D eigenvalue weighted by molar-refractivity contribution is 1.18. The first-order chi connectivity index (χ1) is 23.9. The third-order valence-electron chi connectivity index (χ3n) is 10.3. The SMILES string of the molecule is C[Si](C)(C)c1ccc2c(c1)c1cc3sc4ccccc4c3cc1n2-c1cccc(-c2ccc3c(c2)c2ccccc2n3-c2ccccc2)c1. The second-order valence-corrected chi connectivity index (χ2v) is 20.4. The molecule has 0 fully saturated rings. The molecule has 0 amide bonds. The molecule has 0 saturated heterocycles. The van der Waals surface area contributed by atoms with Gasteiger partial charge in [-0.3, -0.25) is 0 Å². The van der Waals surface area contributed by atoms with Crippen LogP contribution in [0.3, 0.4) is 0 Å². The van der Waals surface area contributed by atoms with E-state index in [1.54, 1.807) is 0 Å². The molecule has 0 N–H and O–H groups in total. The Morgan fingerprint density at radius 1 is 0.388 bits per heavy atom. The van der Waals surface area contributed by atoms with Crippen LogP contribution in [-0.4, -0.2) is 17.2 Å². The lowest BCUT2D eigenvalue weighted by Gasteiger charge is -2.17. The van der Waals surface area contributed by atoms with Gasteiger partial charge in [-0.1, -0.05) is 110 Å². The fraction of sp³-hybridized carbons (Fsp3) is 0.0667. The van der Waals surface area contributed by atoms with Gasteiger partial charge in [-0.25, -0.2) is 0 Å². The highest BCUT2D eigenvalue weighted by Gasteiger charge is 2.21. The van der Waals surface area contributed by atoms with Crippen LogP contribution < -0.4 is 5.19 Å². The number of rotatable bonds is 4. The summed E-state index contributed by atoms with van der Waals surface area (Å²) in [5.74, 6) is 0. The van der Waals surface area contributed by atoms with E-state index in [0.717, 1.165) is 0 Å². The summed E-state index contributed by atoms with van der Waals surface area (Å²) in [6.07, 6.45) is 0. The van der Waals surface area contributed by atoms with Crippen molar-refractivity contribution in [1.29, 1.82) is 0 Å². The Hall–Kier alpha value is -5.42. The lowest BCUT2D eigenvalue weighted by Crippen LogP contribution is -2.37. The average molecular weight is 663 g/mol. The van der Waals surface area contributed by atoms with Gasteiger partial charge in [-0.2, -0.15) is 0 Å². The predicted molar refractivity (Wildman–Crippen MR) is 216 cm³/mol. The van der Waals surface area contributed by atoms with Crippen molar-refractivity contribution in [2.45, 2.75) is 19.6 Å². The molecule has 2 nitrogen and oxygen atoms in total. The van der Waals surface area contributed by atoms with Gasteiger partial charge in [-0.15, -0.1) is 11.3 Å². The summed E-state index contributed by atoms with van der Waals surface area (Å²) >= 11 is 1.90. The molecule has 0 unspecified atom stereocenters. The topological polar surface area (TPSA) is 9.86 Å². The highest BCUT2D eigenvalue weighted by molar-refractivity contribution is 7.25. The molecule has 0 aliphatic carbocycles. The van der Waals surface area contributed by atoms with E-state index >= 15 is 0 Å². The van der Waals surface area contributed by atoms with E-state index in [0.29, 0.717) is 0 Å². The Labute approximate surface area is 290 Å². The smallest absolute Gasteiger partial charge is 0.0776 e. The first-order valence-electron chi connectivity index (χ1n) is 17.0. The van der Waals surface area contributed by atoms with Crippen molar-refractivity contribution in [1.82, 2.24) is 9.13 Å². The zero-order valence-electron chi connectivity index (χ0n) is 27.7. The molecule has 0 bridgehead atoms. The van der Waals surface area contributed by atoms with Gasteiger partial charge in [0.15, 0.2) is 0 Å². The first-order valence-corrected chi connectivity index (χ1v) is 21.3. The fourth-order valence-corrected chi connectivity index (χ4v) is 10.1. The number of hydrogen-bond acceptors (Lipinski definition) is 1. The van der Waals surface area contributed by atoms with Crippen molar-refractivity contribution < 1.29 is 0 Å². The third-order valence-corrected chi connectivity index (χ3v) is 13.4. The molecule has 0 aliphatic rings. The number of aromatic nitrogens is 2. The van der Waals surface area contributed by atoms with Gasteiger partial charge in [0.25, 0.3) is 0 Å². The molecule has 3 heterocycles. The third kappa shape index (κ3) is 4.38. The Morgan fingerprint density at radius 2 is 1.02 bits per heavy atom. The Balaban J connectivity index is 1.20. The van der Waals surface area contributed by atoms with Crippen LogP contribution in [0.1, 0.15) is 0 Å². The van der Waals surface area contributed by atoms with Gasteiger partial charge in [-0.05, 0) is 77.9 Å². The van der Waals surface area contributed by atoms with E-state index in [-0.39, 0.29) is 0 Å². The maximum Gasteiger partial charge on any atom is 0.0776 e. The second kappa shape index (κ2) is 10.5. The summed E-state index contributed by atoms with van der Waals surface area (Å²) in [4.78, 5) is 0. The minimum atomic E-state index is -1.51. The monoisotopic (exact) mass is 662 g/mol. The molecular formula is C45H34N2SSi. The molecule has 0 radical (unpaired) electrons. The molecule has 49 heavy (non-hydrogen) atoms. The second-order valence-electron chi connectivity index (χ2n) is 14.3. The van der Waals surface area contributed by atoms with Crippen LogP contribution in [0, 0.1) is 0 Å². The van der Waals surface area contributed by atoms with Gasteiger partial charge in [0.1, 0.15) is 0 Å². The fourth-order valence-electron chi connectivity index (χ4n) is 7.81. The number of nitrogens with zero attached hydrogens (tertiary/aromatic N) is 2. The van der Waals surface area contributed by atoms with E-state index in [4.69, 9.17) is 0 Å². The Kier molecular flexibility index (Phi) is 6.15. The number of hydrogen-bond donors (Lipinski definition) is 0. The van der Waals surface area contributed by atoms with E-state index in [1.807, 2.05) is 11.3 Å². The summed E-state index contributed by atoms with van der Waals surface area (Å²) < 4.78 is 7.57. The number of thiophene rings is 1. The van der Waals surface area contributed by atoms with Crippen molar-refractivity contribution in [3.8, 4) is 22.5 Å². The summed E-state index contributed by atoms with van der Waals surface area (Å²) in [6.45, 7) is 7.32. The van der Waals surface area contributed by atoms with Crippen LogP contribution in [0.4, 0.5) is 0 Å².